The maximum Gasteiger partial charge on any atom is 0.345 e. The maximum atomic E-state index is 12.4. The van der Waals surface area contributed by atoms with Crippen molar-refractivity contribution in [2.45, 2.75) is 26.3 Å². The molecule has 0 saturated heterocycles. The number of para-hydroxylation sites is 1. The summed E-state index contributed by atoms with van der Waals surface area (Å²) in [7, 11) is -1.19. The van der Waals surface area contributed by atoms with E-state index in [1.807, 2.05) is 13.8 Å². The molecule has 1 aromatic carbocycles. The number of nitrogens with one attached hydrogen (secondary N) is 1. The van der Waals surface area contributed by atoms with Crippen molar-refractivity contribution >= 4 is 21.8 Å². The van der Waals surface area contributed by atoms with Crippen molar-refractivity contribution in [2.75, 3.05) is 14.2 Å². The Kier molecular flexibility index (Phi) is 5.28. The minimum Gasteiger partial charge on any atom is -0.496 e. The van der Waals surface area contributed by atoms with Gasteiger partial charge >= 0.3 is 10.2 Å². The number of carbonyl (C=O) groups is 1. The van der Waals surface area contributed by atoms with Crippen LogP contribution >= 0.6 is 0 Å². The van der Waals surface area contributed by atoms with Crippen LogP contribution in [0.4, 0.5) is 0 Å². The molecule has 1 atom stereocenters. The quantitative estimate of drug-likeness (QED) is 0.870. The zero-order chi connectivity index (χ0) is 17.9. The first-order valence-electron chi connectivity index (χ1n) is 7.55. The van der Waals surface area contributed by atoms with Gasteiger partial charge in [0, 0.05) is 18.7 Å². The summed E-state index contributed by atoms with van der Waals surface area (Å²) in [6.45, 7) is 3.79. The molecule has 0 fully saturated rings. The van der Waals surface area contributed by atoms with Crippen LogP contribution in [0, 0.1) is 0 Å². The molecule has 0 aromatic heterocycles. The summed E-state index contributed by atoms with van der Waals surface area (Å²) in [6, 6.07) is 6.85. The molecular weight excluding hydrogens is 330 g/mol. The van der Waals surface area contributed by atoms with E-state index in [2.05, 4.69) is 9.71 Å². The first-order chi connectivity index (χ1) is 11.3. The average Bonchev–Trinajstić information content (AvgIpc) is 2.56. The molecule has 1 N–H and O–H groups in total. The molecule has 7 nitrogen and oxygen atoms in total. The molecule has 0 aliphatic carbocycles. The van der Waals surface area contributed by atoms with Crippen LogP contribution in [-0.4, -0.2) is 44.5 Å². The van der Waals surface area contributed by atoms with E-state index in [-0.39, 0.29) is 17.5 Å². The largest absolute Gasteiger partial charge is 0.496 e. The summed E-state index contributed by atoms with van der Waals surface area (Å²) < 4.78 is 34.5. The van der Waals surface area contributed by atoms with E-state index >= 15 is 0 Å². The number of allylic oxidation sites excluding steroid dienone is 1. The molecule has 8 heteroatoms. The fraction of sp³-hybridized carbons (Fsp3) is 0.375. The third-order valence-corrected chi connectivity index (χ3v) is 5.09. The molecule has 0 saturated carbocycles. The average molecular weight is 351 g/mol. The Morgan fingerprint density at radius 3 is 2.67 bits per heavy atom. The fourth-order valence-electron chi connectivity index (χ4n) is 2.15. The Labute approximate surface area is 142 Å². The Balaban J connectivity index is 2.50. The van der Waals surface area contributed by atoms with Crippen molar-refractivity contribution < 1.29 is 17.9 Å². The van der Waals surface area contributed by atoms with Gasteiger partial charge in [0.05, 0.1) is 12.8 Å². The summed E-state index contributed by atoms with van der Waals surface area (Å²) in [4.78, 5) is 12.4. The summed E-state index contributed by atoms with van der Waals surface area (Å²) in [5, 5.41) is 2.77. The third kappa shape index (κ3) is 3.59. The molecule has 1 aromatic rings. The third-order valence-electron chi connectivity index (χ3n) is 3.78. The second-order valence-corrected chi connectivity index (χ2v) is 7.06. The Hall–Kier alpha value is -2.35. The van der Waals surface area contributed by atoms with Crippen molar-refractivity contribution in [3.05, 3.63) is 41.6 Å². The SMILES string of the molecule is CC[C@H](C)NC(=O)C1=CC(c2ccccc2OC)=NS(=O)(=O)N1C. The molecule has 0 radical (unpaired) electrons. The van der Waals surface area contributed by atoms with Gasteiger partial charge in [0.25, 0.3) is 5.91 Å². The molecule has 0 spiro atoms. The van der Waals surface area contributed by atoms with Gasteiger partial charge in [-0.2, -0.15) is 8.42 Å². The van der Waals surface area contributed by atoms with E-state index in [1.54, 1.807) is 24.3 Å². The molecule has 0 bridgehead atoms. The topological polar surface area (TPSA) is 88.1 Å². The Bertz CT molecular complexity index is 799. The maximum absolute atomic E-state index is 12.4. The van der Waals surface area contributed by atoms with Gasteiger partial charge in [-0.25, -0.2) is 4.31 Å². The van der Waals surface area contributed by atoms with Crippen molar-refractivity contribution in [1.29, 1.82) is 0 Å². The smallest absolute Gasteiger partial charge is 0.345 e. The van der Waals surface area contributed by atoms with E-state index < -0.39 is 16.1 Å². The van der Waals surface area contributed by atoms with Crippen molar-refractivity contribution in [3.8, 4) is 5.75 Å². The van der Waals surface area contributed by atoms with Crippen LogP contribution in [-0.2, 0) is 15.0 Å². The predicted octanol–water partition coefficient (Wildman–Crippen LogP) is 1.47. The molecular formula is C16H21N3O4S. The number of methoxy groups -OCH3 is 1. The molecule has 0 unspecified atom stereocenters. The van der Waals surface area contributed by atoms with Gasteiger partial charge < -0.3 is 10.1 Å². The minimum atomic E-state index is -3.98. The number of amides is 1. The minimum absolute atomic E-state index is 0.0196. The van der Waals surface area contributed by atoms with E-state index in [4.69, 9.17) is 4.74 Å². The summed E-state index contributed by atoms with van der Waals surface area (Å²) in [5.41, 5.74) is 0.691. The highest BCUT2D eigenvalue weighted by molar-refractivity contribution is 7.88. The highest BCUT2D eigenvalue weighted by Gasteiger charge is 2.31. The molecule has 1 heterocycles. The van der Waals surface area contributed by atoms with Gasteiger partial charge in [0.1, 0.15) is 11.4 Å². The highest BCUT2D eigenvalue weighted by atomic mass is 32.2. The van der Waals surface area contributed by atoms with E-state index in [0.29, 0.717) is 11.3 Å². The summed E-state index contributed by atoms with van der Waals surface area (Å²) in [5.74, 6) is 0.0201. The summed E-state index contributed by atoms with van der Waals surface area (Å²) >= 11 is 0. The number of carbonyl (C=O) groups excluding carboxylic acids is 1. The number of hydrogen-bond donors (Lipinski definition) is 1. The lowest BCUT2D eigenvalue weighted by Crippen LogP contribution is -2.41. The van der Waals surface area contributed by atoms with Gasteiger partial charge in [-0.3, -0.25) is 4.79 Å². The lowest BCUT2D eigenvalue weighted by atomic mass is 10.1. The number of nitrogens with zero attached hydrogens (tertiary/aromatic N) is 2. The normalized spacial score (nSPS) is 17.6. The van der Waals surface area contributed by atoms with Gasteiger partial charge in [0.15, 0.2) is 0 Å². The zero-order valence-electron chi connectivity index (χ0n) is 14.1. The van der Waals surface area contributed by atoms with Crippen LogP contribution < -0.4 is 10.1 Å². The fourth-order valence-corrected chi connectivity index (χ4v) is 3.05. The van der Waals surface area contributed by atoms with Crippen molar-refractivity contribution in [1.82, 2.24) is 9.62 Å². The van der Waals surface area contributed by atoms with Gasteiger partial charge in [-0.15, -0.1) is 4.40 Å². The van der Waals surface area contributed by atoms with Crippen LogP contribution in [0.2, 0.25) is 0 Å². The van der Waals surface area contributed by atoms with E-state index in [0.717, 1.165) is 10.7 Å². The highest BCUT2D eigenvalue weighted by Crippen LogP contribution is 2.25. The number of hydrogen-bond acceptors (Lipinski definition) is 4. The summed E-state index contributed by atoms with van der Waals surface area (Å²) in [6.07, 6.45) is 2.19. The molecule has 130 valence electrons. The first-order valence-corrected chi connectivity index (χ1v) is 8.94. The second kappa shape index (κ2) is 7.04. The van der Waals surface area contributed by atoms with Crippen LogP contribution in [0.3, 0.4) is 0 Å². The standard InChI is InChI=1S/C16H21N3O4S/c1-5-11(2)17-16(20)14-10-13(18-24(21,22)19(14)3)12-8-6-7-9-15(12)23-4/h6-11H,5H2,1-4H3,(H,17,20)/t11-/m0/s1. The number of ether oxygens (including phenoxy) is 1. The van der Waals surface area contributed by atoms with Crippen LogP contribution in [0.1, 0.15) is 25.8 Å². The van der Waals surface area contributed by atoms with Gasteiger partial charge in [-0.05, 0) is 31.6 Å². The molecule has 1 amide bonds. The van der Waals surface area contributed by atoms with Gasteiger partial charge in [-0.1, -0.05) is 19.1 Å². The molecule has 2 rings (SSSR count). The molecule has 1 aliphatic heterocycles. The monoisotopic (exact) mass is 351 g/mol. The van der Waals surface area contributed by atoms with Crippen LogP contribution in [0.25, 0.3) is 0 Å². The number of benzene rings is 1. The first kappa shape index (κ1) is 18.0. The van der Waals surface area contributed by atoms with E-state index in [1.165, 1.54) is 20.2 Å². The van der Waals surface area contributed by atoms with Gasteiger partial charge in [0.2, 0.25) is 0 Å². The second-order valence-electron chi connectivity index (χ2n) is 5.43. The lowest BCUT2D eigenvalue weighted by Gasteiger charge is -2.25. The van der Waals surface area contributed by atoms with E-state index in [9.17, 15) is 13.2 Å². The molecule has 24 heavy (non-hydrogen) atoms. The van der Waals surface area contributed by atoms with Crippen molar-refractivity contribution in [2.24, 2.45) is 4.40 Å². The van der Waals surface area contributed by atoms with Crippen LogP contribution in [0.5, 0.6) is 5.75 Å². The number of rotatable bonds is 5. The van der Waals surface area contributed by atoms with Crippen molar-refractivity contribution in [3.63, 3.8) is 0 Å². The molecule has 1 aliphatic rings. The Morgan fingerprint density at radius 2 is 2.04 bits per heavy atom. The lowest BCUT2D eigenvalue weighted by molar-refractivity contribution is -0.119. The predicted molar refractivity (Wildman–Crippen MR) is 92.2 cm³/mol. The zero-order valence-corrected chi connectivity index (χ0v) is 14.9. The number of likely N-dealkylation sites (N-methyl/N-ethyl adjacent to an activating group) is 1. The Morgan fingerprint density at radius 1 is 1.38 bits per heavy atom. The van der Waals surface area contributed by atoms with Crippen LogP contribution in [0.15, 0.2) is 40.4 Å².